The summed E-state index contributed by atoms with van der Waals surface area (Å²) in [5, 5.41) is 26.0. The molecule has 3 rings (SSSR count). The normalized spacial score (nSPS) is 17.4. The van der Waals surface area contributed by atoms with Crippen LogP contribution in [0.1, 0.15) is 175 Å². The third-order valence-corrected chi connectivity index (χ3v) is 17.2. The molecule has 0 aliphatic heterocycles. The molecule has 56 heavy (non-hydrogen) atoms. The summed E-state index contributed by atoms with van der Waals surface area (Å²) in [6.07, 6.45) is 19.6. The Labute approximate surface area is 348 Å². The van der Waals surface area contributed by atoms with Gasteiger partial charge in [-0.1, -0.05) is 174 Å². The highest BCUT2D eigenvalue weighted by Crippen LogP contribution is 2.35. The van der Waals surface area contributed by atoms with E-state index in [0.29, 0.717) is 21.0 Å². The second kappa shape index (κ2) is 22.2. The van der Waals surface area contributed by atoms with E-state index in [9.17, 15) is 10.2 Å². The minimum absolute atomic E-state index is 0.0478. The second-order valence-electron chi connectivity index (χ2n) is 20.0. The molecule has 0 amide bonds. The van der Waals surface area contributed by atoms with Crippen LogP contribution < -0.4 is 10.4 Å². The molecule has 2 atom stereocenters. The first-order valence-electron chi connectivity index (χ1n) is 22.8. The number of aliphatic imine (C=N–C) groups is 2. The minimum Gasteiger partial charge on any atom is -0.507 e. The van der Waals surface area contributed by atoms with Crippen molar-refractivity contribution in [1.29, 1.82) is 0 Å². The lowest BCUT2D eigenvalue weighted by Crippen LogP contribution is -2.50. The van der Waals surface area contributed by atoms with Gasteiger partial charge >= 0.3 is 0 Å². The topological polar surface area (TPSA) is 65.2 Å². The quantitative estimate of drug-likeness (QED) is 0.0539. The summed E-state index contributed by atoms with van der Waals surface area (Å²) in [5.41, 5.74) is 3.37. The first-order valence-corrected chi connectivity index (χ1v) is 27.2. The number of rotatable bonds is 22. The van der Waals surface area contributed by atoms with Crippen molar-refractivity contribution in [3.63, 3.8) is 0 Å². The van der Waals surface area contributed by atoms with Crippen LogP contribution in [0.15, 0.2) is 34.3 Å². The molecule has 2 N–H and O–H groups in total. The number of unbranched alkanes of at least 4 members (excludes halogenated alkanes) is 4. The number of phenols is 2. The third kappa shape index (κ3) is 14.3. The monoisotopic (exact) mass is 803 g/mol. The van der Waals surface area contributed by atoms with E-state index < -0.39 is 8.07 Å². The summed E-state index contributed by atoms with van der Waals surface area (Å²) < 4.78 is 1.30. The van der Waals surface area contributed by atoms with Gasteiger partial charge in [-0.05, 0) is 60.5 Å². The molecule has 0 spiro atoms. The molecule has 0 saturated heterocycles. The van der Waals surface area contributed by atoms with Crippen LogP contribution >= 0.6 is 0 Å². The van der Waals surface area contributed by atoms with E-state index in [0.717, 1.165) is 47.9 Å². The van der Waals surface area contributed by atoms with Gasteiger partial charge in [0.15, 0.2) is 0 Å². The van der Waals surface area contributed by atoms with E-state index in [1.54, 1.807) is 0 Å². The van der Waals surface area contributed by atoms with Crippen LogP contribution in [0.3, 0.4) is 0 Å². The Kier molecular flexibility index (Phi) is 19.1. The van der Waals surface area contributed by atoms with Crippen LogP contribution in [0.25, 0.3) is 0 Å². The van der Waals surface area contributed by atoms with Crippen LogP contribution in [0.4, 0.5) is 0 Å². The van der Waals surface area contributed by atoms with Gasteiger partial charge < -0.3 is 14.7 Å². The van der Waals surface area contributed by atoms with Crippen molar-refractivity contribution in [2.75, 3.05) is 26.2 Å². The predicted octanol–water partition coefficient (Wildman–Crippen LogP) is 11.6. The maximum absolute atomic E-state index is 11.6. The molecule has 0 heterocycles. The summed E-state index contributed by atoms with van der Waals surface area (Å²) >= 11 is 0. The standard InChI is InChI=1S/C49H83N3O2Si2/c1-13-17-26-52(27-18-14-2,28-19-15-3)29-23-30-55-40-32-38(46(53)42(34-40)48(5,6)7)36-50-44-24-21-22-25-45(44)51-37-39-33-41(56(11,12)31-20-16-4)35-43(47(39)54)49(8,9)10/h32-37,44-45H,13-31H2,1-12H3,(H-,50,51,53,54)/p+1/t44-,45-/m0/s1. The van der Waals surface area contributed by atoms with Gasteiger partial charge in [0.2, 0.25) is 0 Å². The Hall–Kier alpha value is -2.23. The second-order valence-corrected chi connectivity index (χ2v) is 26.2. The maximum Gasteiger partial charge on any atom is 0.128 e. The fraction of sp³-hybridized carbons (Fsp3) is 0.714. The summed E-state index contributed by atoms with van der Waals surface area (Å²) in [5.74, 6) is 0.734. The van der Waals surface area contributed by atoms with Crippen LogP contribution in [-0.4, -0.2) is 83.0 Å². The fourth-order valence-corrected chi connectivity index (χ4v) is 12.2. The van der Waals surface area contributed by atoms with Gasteiger partial charge in [-0.25, -0.2) is 0 Å². The first kappa shape index (κ1) is 48.1. The zero-order valence-corrected chi connectivity index (χ0v) is 40.3. The Bertz CT molecular complexity index is 1530. The highest BCUT2D eigenvalue weighted by atomic mass is 28.3. The van der Waals surface area contributed by atoms with E-state index in [2.05, 4.69) is 107 Å². The van der Waals surface area contributed by atoms with E-state index in [1.165, 1.54) is 111 Å². The average molecular weight is 803 g/mol. The zero-order chi connectivity index (χ0) is 41.6. The van der Waals surface area contributed by atoms with Gasteiger partial charge in [-0.15, -0.1) is 0 Å². The van der Waals surface area contributed by atoms with E-state index in [-0.39, 0.29) is 22.9 Å². The Morgan fingerprint density at radius 3 is 1.57 bits per heavy atom. The fourth-order valence-electron chi connectivity index (χ4n) is 8.50. The van der Waals surface area contributed by atoms with Gasteiger partial charge in [0.1, 0.15) is 11.5 Å². The maximum atomic E-state index is 11.6. The number of phenolic OH excluding ortho intramolecular Hbond substituents is 2. The molecule has 1 fully saturated rings. The zero-order valence-electron chi connectivity index (χ0n) is 38.3. The van der Waals surface area contributed by atoms with Gasteiger partial charge in [0.05, 0.1) is 55.9 Å². The van der Waals surface area contributed by atoms with E-state index in [1.807, 2.05) is 12.4 Å². The molecule has 7 heteroatoms. The van der Waals surface area contributed by atoms with Crippen LogP contribution in [-0.2, 0) is 10.8 Å². The third-order valence-electron chi connectivity index (χ3n) is 12.4. The van der Waals surface area contributed by atoms with Crippen molar-refractivity contribution in [1.82, 2.24) is 0 Å². The minimum atomic E-state index is -1.68. The molecule has 2 radical (unpaired) electrons. The van der Waals surface area contributed by atoms with Crippen molar-refractivity contribution in [2.45, 2.75) is 201 Å². The van der Waals surface area contributed by atoms with E-state index in [4.69, 9.17) is 9.98 Å². The number of quaternary nitrogens is 1. The first-order chi connectivity index (χ1) is 26.4. The Balaban J connectivity index is 1.89. The lowest BCUT2D eigenvalue weighted by molar-refractivity contribution is -0.928. The van der Waals surface area contributed by atoms with Crippen molar-refractivity contribution in [3.05, 3.63) is 46.5 Å². The molecule has 1 aliphatic rings. The largest absolute Gasteiger partial charge is 0.507 e. The lowest BCUT2D eigenvalue weighted by Gasteiger charge is -2.39. The molecule has 5 nitrogen and oxygen atoms in total. The van der Waals surface area contributed by atoms with E-state index >= 15 is 0 Å². The van der Waals surface area contributed by atoms with Crippen LogP contribution in [0.5, 0.6) is 11.5 Å². The lowest BCUT2D eigenvalue weighted by atomic mass is 9.85. The number of aromatic hydroxyl groups is 2. The molecular weight excluding hydrogens is 719 g/mol. The van der Waals surface area contributed by atoms with Crippen molar-refractivity contribution < 1.29 is 14.7 Å². The summed E-state index contributed by atoms with van der Waals surface area (Å²) in [4.78, 5) is 10.4. The van der Waals surface area contributed by atoms with Gasteiger partial charge in [-0.2, -0.15) is 0 Å². The Morgan fingerprint density at radius 1 is 0.661 bits per heavy atom. The molecule has 314 valence electrons. The molecule has 0 unspecified atom stereocenters. The smallest absolute Gasteiger partial charge is 0.128 e. The van der Waals surface area contributed by atoms with Crippen molar-refractivity contribution >= 4 is 40.4 Å². The van der Waals surface area contributed by atoms with Gasteiger partial charge in [0.25, 0.3) is 0 Å². The van der Waals surface area contributed by atoms with Crippen LogP contribution in [0, 0.1) is 0 Å². The highest BCUT2D eigenvalue weighted by Gasteiger charge is 2.30. The summed E-state index contributed by atoms with van der Waals surface area (Å²) in [7, 11) is -0.965. The molecule has 2 aromatic rings. The number of nitrogens with zero attached hydrogens (tertiary/aromatic N) is 3. The van der Waals surface area contributed by atoms with Crippen molar-refractivity contribution in [3.8, 4) is 11.5 Å². The molecule has 0 aromatic heterocycles. The predicted molar refractivity (Wildman–Crippen MR) is 251 cm³/mol. The number of hydrogen-bond acceptors (Lipinski definition) is 4. The number of hydrogen-bond donors (Lipinski definition) is 2. The molecule has 1 aliphatic carbocycles. The summed E-state index contributed by atoms with van der Waals surface area (Å²) in [6, 6.07) is 11.5. The number of benzene rings is 2. The van der Waals surface area contributed by atoms with Gasteiger partial charge in [0, 0.05) is 23.6 Å². The van der Waals surface area contributed by atoms with Gasteiger partial charge in [-0.3, -0.25) is 9.98 Å². The SMILES string of the molecule is CCCC[N+](CCCC)(CCCC)CCC[Si]c1cc(C=N[C@H]2CCCC[C@@H]2N=Cc2cc([Si](C)(C)CCCC)cc(C(C)(C)C)c2O)c(O)c(C(C)(C)C)c1. The highest BCUT2D eigenvalue weighted by molar-refractivity contribution is 6.89. The Morgan fingerprint density at radius 2 is 1.11 bits per heavy atom. The van der Waals surface area contributed by atoms with Crippen LogP contribution in [0.2, 0.25) is 25.2 Å². The average Bonchev–Trinajstić information content (AvgIpc) is 3.14. The molecule has 2 aromatic carbocycles. The van der Waals surface area contributed by atoms with Crippen molar-refractivity contribution in [2.24, 2.45) is 9.98 Å². The molecule has 1 saturated carbocycles. The summed E-state index contributed by atoms with van der Waals surface area (Å²) in [6.45, 7) is 32.6. The molecular formula is C49H84N3O2Si2+. The molecule has 0 bridgehead atoms.